The van der Waals surface area contributed by atoms with E-state index in [-0.39, 0.29) is 5.25 Å². The minimum Gasteiger partial charge on any atom is -0.387 e. The molecule has 0 spiro atoms. The number of carbonyl (C=O) groups is 1. The lowest BCUT2D eigenvalue weighted by Crippen LogP contribution is -2.52. The lowest BCUT2D eigenvalue weighted by atomic mass is 9.99. The topological polar surface area (TPSA) is 175 Å². The van der Waals surface area contributed by atoms with Gasteiger partial charge in [0.15, 0.2) is 0 Å². The third-order valence-electron chi connectivity index (χ3n) is 15.1. The van der Waals surface area contributed by atoms with Crippen LogP contribution in [0.15, 0.2) is 12.1 Å². The van der Waals surface area contributed by atoms with Crippen LogP contribution in [0.4, 0.5) is 10.5 Å². The molecule has 4 aliphatic heterocycles. The number of nitrogens with one attached hydrogen (secondary N) is 2. The van der Waals surface area contributed by atoms with E-state index >= 15 is 0 Å². The maximum absolute atomic E-state index is 13.1. The lowest BCUT2D eigenvalue weighted by Gasteiger charge is -2.41. The molecule has 328 valence electrons. The van der Waals surface area contributed by atoms with Gasteiger partial charge in [-0.1, -0.05) is 12.1 Å². The number of amides is 2. The number of nitrogens with zero attached hydrogens (tertiary/aromatic N) is 3. The number of urea groups is 1. The van der Waals surface area contributed by atoms with Gasteiger partial charge in [-0.15, -0.1) is 5.26 Å². The average molecular weight is 863 g/mol. The molecule has 60 heavy (non-hydrogen) atoms. The second-order valence-electron chi connectivity index (χ2n) is 19.3. The molecule has 14 heteroatoms. The van der Waals surface area contributed by atoms with E-state index in [2.05, 4.69) is 59.7 Å². The molecule has 0 radical (unpaired) electrons. The molecule has 2 unspecified atom stereocenters. The van der Waals surface area contributed by atoms with Crippen LogP contribution in [0.3, 0.4) is 0 Å². The van der Waals surface area contributed by atoms with Gasteiger partial charge in [-0.05, 0) is 201 Å². The highest BCUT2D eigenvalue weighted by atomic mass is 32.2. The van der Waals surface area contributed by atoms with Crippen molar-refractivity contribution in [1.82, 2.24) is 14.5 Å². The minimum absolute atomic E-state index is 0.301. The van der Waals surface area contributed by atoms with E-state index in [1.165, 1.54) is 57.3 Å². The van der Waals surface area contributed by atoms with Crippen LogP contribution in [0.5, 0.6) is 5.75 Å². The SMILES string of the molecule is CC(C)N1[C@@H]2CC[C@H]1CC(S(=O)(=O)NC(=O)Nc1c3c(cc4c1CCC4)CCC3)C2.CC(C)N1[C@@H]2CC[C@H]1CC(S(N)(=O)=O)C2.N#COc1c2c(cc3c1CCC3)CCC2. The van der Waals surface area contributed by atoms with Gasteiger partial charge in [0, 0.05) is 41.9 Å². The molecule has 2 aromatic carbocycles. The zero-order chi connectivity index (χ0) is 42.5. The molecule has 6 atom stereocenters. The number of carbonyl (C=O) groups excluding carboxylic acids is 1. The summed E-state index contributed by atoms with van der Waals surface area (Å²) in [4.78, 5) is 17.8. The highest BCUT2D eigenvalue weighted by molar-refractivity contribution is 7.90. The monoisotopic (exact) mass is 862 g/mol. The van der Waals surface area contributed by atoms with Gasteiger partial charge in [-0.25, -0.2) is 31.5 Å². The Kier molecular flexibility index (Phi) is 12.7. The number of rotatable bonds is 7. The number of primary sulfonamides is 1. The van der Waals surface area contributed by atoms with Crippen molar-refractivity contribution in [1.29, 1.82) is 5.26 Å². The number of aryl methyl sites for hydroxylation is 4. The van der Waals surface area contributed by atoms with Crippen LogP contribution < -0.4 is 19.9 Å². The number of ether oxygens (including phenoxy) is 1. The molecule has 0 saturated carbocycles. The second-order valence-corrected chi connectivity index (χ2v) is 23.2. The third kappa shape index (κ3) is 8.72. The fraction of sp³-hybridized carbons (Fsp3) is 0.696. The summed E-state index contributed by atoms with van der Waals surface area (Å²) in [7, 11) is -7.02. The van der Waals surface area contributed by atoms with Crippen molar-refractivity contribution in [2.24, 2.45) is 5.14 Å². The van der Waals surface area contributed by atoms with Crippen molar-refractivity contribution in [2.75, 3.05) is 5.32 Å². The molecule has 12 nitrogen and oxygen atoms in total. The van der Waals surface area contributed by atoms with Gasteiger partial charge in [0.1, 0.15) is 5.75 Å². The molecule has 4 saturated heterocycles. The summed E-state index contributed by atoms with van der Waals surface area (Å²) in [5.41, 5.74) is 11.4. The fourth-order valence-corrected chi connectivity index (χ4v) is 15.2. The van der Waals surface area contributed by atoms with Crippen molar-refractivity contribution in [3.63, 3.8) is 0 Å². The Balaban J connectivity index is 0.000000139. The Morgan fingerprint density at radius 2 is 1.05 bits per heavy atom. The summed E-state index contributed by atoms with van der Waals surface area (Å²) < 4.78 is 56.4. The van der Waals surface area contributed by atoms with E-state index in [0.717, 1.165) is 114 Å². The first-order valence-electron chi connectivity index (χ1n) is 22.9. The highest BCUT2D eigenvalue weighted by Gasteiger charge is 2.47. The van der Waals surface area contributed by atoms with E-state index in [9.17, 15) is 21.6 Å². The molecule has 4 bridgehead atoms. The Bertz CT molecular complexity index is 2140. The van der Waals surface area contributed by atoms with Crippen molar-refractivity contribution >= 4 is 31.8 Å². The summed E-state index contributed by atoms with van der Waals surface area (Å²) in [6.07, 6.45) is 22.0. The smallest absolute Gasteiger partial charge is 0.332 e. The summed E-state index contributed by atoms with van der Waals surface area (Å²) in [6, 6.07) is 6.51. The number of piperidine rings is 2. The number of hydrogen-bond donors (Lipinski definition) is 3. The van der Waals surface area contributed by atoms with E-state index in [0.29, 0.717) is 49.1 Å². The number of benzene rings is 2. The molecule has 4 fully saturated rings. The van der Waals surface area contributed by atoms with Gasteiger partial charge in [-0.3, -0.25) is 9.80 Å². The quantitative estimate of drug-likeness (QED) is 0.255. The maximum atomic E-state index is 13.1. The summed E-state index contributed by atoms with van der Waals surface area (Å²) >= 11 is 0. The molecule has 10 rings (SSSR count). The average Bonchev–Trinajstić information content (AvgIpc) is 4.05. The first kappa shape index (κ1) is 43.4. The minimum atomic E-state index is -3.69. The Hall–Kier alpha value is -3.22. The Morgan fingerprint density at radius 3 is 1.43 bits per heavy atom. The molecule has 4 N–H and O–H groups in total. The molecule has 4 heterocycles. The van der Waals surface area contributed by atoms with Crippen molar-refractivity contribution in [2.45, 2.75) is 203 Å². The fourth-order valence-electron chi connectivity index (χ4n) is 12.8. The van der Waals surface area contributed by atoms with Gasteiger partial charge < -0.3 is 10.1 Å². The predicted octanol–water partition coefficient (Wildman–Crippen LogP) is 6.72. The number of nitrogens with two attached hydrogens (primary N) is 1. The van der Waals surface area contributed by atoms with Gasteiger partial charge in [0.05, 0.1) is 10.5 Å². The first-order valence-corrected chi connectivity index (χ1v) is 26.1. The van der Waals surface area contributed by atoms with Crippen LogP contribution in [0.25, 0.3) is 0 Å². The highest BCUT2D eigenvalue weighted by Crippen LogP contribution is 2.43. The van der Waals surface area contributed by atoms with Crippen LogP contribution in [0.2, 0.25) is 0 Å². The molecular weight excluding hydrogens is 797 g/mol. The van der Waals surface area contributed by atoms with Gasteiger partial charge in [0.2, 0.25) is 20.0 Å². The molecular formula is C46H66N6O6S2. The van der Waals surface area contributed by atoms with Gasteiger partial charge in [0.25, 0.3) is 6.26 Å². The first-order chi connectivity index (χ1) is 28.6. The van der Waals surface area contributed by atoms with Crippen LogP contribution in [0, 0.1) is 11.5 Å². The third-order valence-corrected chi connectivity index (χ3v) is 18.1. The van der Waals surface area contributed by atoms with Gasteiger partial charge in [-0.2, -0.15) is 0 Å². The summed E-state index contributed by atoms with van der Waals surface area (Å²) in [5, 5.41) is 16.1. The standard InChI is InChI=1S/C23H33N3O3S.C13H13NO.C10H20N2O2S/c1-14(2)26-17-9-10-18(26)13-19(12-17)30(28,29)25-23(27)24-22-20-7-3-5-15(20)11-16-6-4-8-21(16)22;14-8-15-13-11-5-1-3-9(11)7-10-4-2-6-12(10)13;1-7(2)12-8-3-4-9(12)6-10(5-8)15(11,13)14/h11,14,17-19H,3-10,12-13H2,1-2H3,(H2,24,25,27);7H,1-6H2;7-10H,3-6H2,1-2H3,(H2,11,13,14)/t17-,18+,19?;;8-,9+,10?. The van der Waals surface area contributed by atoms with Crippen molar-refractivity contribution < 1.29 is 26.4 Å². The Labute approximate surface area is 358 Å². The molecule has 0 aromatic heterocycles. The van der Waals surface area contributed by atoms with E-state index < -0.39 is 31.3 Å². The largest absolute Gasteiger partial charge is 0.387 e. The van der Waals surface area contributed by atoms with E-state index in [1.807, 2.05) is 6.26 Å². The number of fused-ring (bicyclic) bond motifs is 8. The predicted molar refractivity (Wildman–Crippen MR) is 235 cm³/mol. The van der Waals surface area contributed by atoms with E-state index in [1.54, 1.807) is 0 Å². The van der Waals surface area contributed by atoms with Crippen LogP contribution in [0.1, 0.15) is 149 Å². The molecule has 2 amide bonds. The molecule has 8 aliphatic rings. The number of hydrogen-bond acceptors (Lipinski definition) is 9. The molecule has 2 aromatic rings. The summed E-state index contributed by atoms with van der Waals surface area (Å²) in [5.74, 6) is 0.903. The summed E-state index contributed by atoms with van der Waals surface area (Å²) in [6.45, 7) is 8.73. The zero-order valence-electron chi connectivity index (χ0n) is 36.1. The van der Waals surface area contributed by atoms with E-state index in [4.69, 9.17) is 15.1 Å². The Morgan fingerprint density at radius 1 is 0.667 bits per heavy atom. The second kappa shape index (κ2) is 17.5. The van der Waals surface area contributed by atoms with Crippen molar-refractivity contribution in [3.05, 3.63) is 56.6 Å². The normalized spacial score (nSPS) is 27.6. The van der Waals surface area contributed by atoms with Gasteiger partial charge >= 0.3 is 6.03 Å². The number of nitriles is 1. The lowest BCUT2D eigenvalue weighted by molar-refractivity contribution is 0.105. The van der Waals surface area contributed by atoms with Crippen LogP contribution >= 0.6 is 0 Å². The molecule has 4 aliphatic carbocycles. The number of sulfonamides is 2. The van der Waals surface area contributed by atoms with Crippen LogP contribution in [-0.4, -0.2) is 79.4 Å². The zero-order valence-corrected chi connectivity index (χ0v) is 37.7. The van der Waals surface area contributed by atoms with Crippen LogP contribution in [-0.2, 0) is 71.4 Å². The van der Waals surface area contributed by atoms with Crippen molar-refractivity contribution in [3.8, 4) is 12.0 Å². The number of anilines is 1. The maximum Gasteiger partial charge on any atom is 0.332 e.